The molecule has 0 radical (unpaired) electrons. The normalized spacial score (nSPS) is 11.2. The molecule has 2 rings (SSSR count). The Balaban J connectivity index is 1.67. The highest BCUT2D eigenvalue weighted by Gasteiger charge is 2.07. The van der Waals surface area contributed by atoms with E-state index in [0.717, 1.165) is 53.2 Å². The molecular weight excluding hydrogens is 378 g/mol. The number of nitrogens with zero attached hydrogens (tertiary/aromatic N) is 1. The highest BCUT2D eigenvalue weighted by atomic mass is 16.6. The number of unbranched alkanes of at least 4 members (excludes halogenated alkanes) is 2. The fraction of sp³-hybridized carbons (Fsp3) is 0.400. The van der Waals surface area contributed by atoms with Crippen molar-refractivity contribution in [2.24, 2.45) is 5.16 Å². The van der Waals surface area contributed by atoms with E-state index in [2.05, 4.69) is 19.0 Å². The van der Waals surface area contributed by atoms with Crippen LogP contribution in [0.15, 0.2) is 53.7 Å². The zero-order valence-electron chi connectivity index (χ0n) is 18.5. The van der Waals surface area contributed by atoms with Crippen LogP contribution in [0, 0.1) is 13.8 Å². The Hall–Kier alpha value is -2.95. The van der Waals surface area contributed by atoms with E-state index in [1.807, 2.05) is 55.5 Å². The SMILES string of the molecule is C/C=C/COc1cc(C)c(OCCCCCOc2cccc(/C=N/OC)c2)c(C)c1. The average Bonchev–Trinajstić information content (AvgIpc) is 2.73. The van der Waals surface area contributed by atoms with Crippen molar-refractivity contribution in [3.05, 3.63) is 65.2 Å². The Kier molecular flexibility index (Phi) is 10.3. The lowest BCUT2D eigenvalue weighted by Gasteiger charge is -2.14. The molecule has 0 spiro atoms. The van der Waals surface area contributed by atoms with E-state index >= 15 is 0 Å². The minimum atomic E-state index is 0.586. The maximum atomic E-state index is 6.03. The standard InChI is InChI=1S/C25H33NO4/c1-5-6-13-29-24-16-20(2)25(21(3)17-24)30-15-9-7-8-14-28-23-12-10-11-22(18-23)19-26-27-4/h5-6,10-12,16-19H,7-9,13-15H2,1-4H3/b6-5+,26-19+. The molecule has 0 aliphatic rings. The van der Waals surface area contributed by atoms with Crippen molar-refractivity contribution >= 4 is 6.21 Å². The van der Waals surface area contributed by atoms with Crippen molar-refractivity contribution in [3.8, 4) is 17.2 Å². The lowest BCUT2D eigenvalue weighted by Crippen LogP contribution is -2.03. The first kappa shape index (κ1) is 23.3. The van der Waals surface area contributed by atoms with Gasteiger partial charge in [0.05, 0.1) is 19.4 Å². The number of allylic oxidation sites excluding steroid dienone is 1. The molecule has 30 heavy (non-hydrogen) atoms. The molecule has 0 bridgehead atoms. The summed E-state index contributed by atoms with van der Waals surface area (Å²) in [6.07, 6.45) is 8.66. The van der Waals surface area contributed by atoms with E-state index in [1.54, 1.807) is 6.21 Å². The summed E-state index contributed by atoms with van der Waals surface area (Å²) in [5.74, 6) is 2.68. The maximum Gasteiger partial charge on any atom is 0.125 e. The van der Waals surface area contributed by atoms with Crippen molar-refractivity contribution in [2.75, 3.05) is 26.9 Å². The molecule has 0 saturated heterocycles. The molecule has 0 saturated carbocycles. The molecule has 0 heterocycles. The van der Waals surface area contributed by atoms with E-state index in [9.17, 15) is 0 Å². The van der Waals surface area contributed by atoms with Crippen LogP contribution in [0.5, 0.6) is 17.2 Å². The van der Waals surface area contributed by atoms with Gasteiger partial charge in [-0.2, -0.15) is 0 Å². The second-order valence-electron chi connectivity index (χ2n) is 7.01. The van der Waals surface area contributed by atoms with Crippen molar-refractivity contribution < 1.29 is 19.0 Å². The van der Waals surface area contributed by atoms with Crippen LogP contribution in [0.1, 0.15) is 42.9 Å². The summed E-state index contributed by atoms with van der Waals surface area (Å²) >= 11 is 0. The van der Waals surface area contributed by atoms with Gasteiger partial charge in [0.25, 0.3) is 0 Å². The van der Waals surface area contributed by atoms with Gasteiger partial charge < -0.3 is 19.0 Å². The van der Waals surface area contributed by atoms with Crippen LogP contribution in [0.3, 0.4) is 0 Å². The summed E-state index contributed by atoms with van der Waals surface area (Å²) in [5.41, 5.74) is 3.16. The lowest BCUT2D eigenvalue weighted by atomic mass is 10.1. The number of hydrogen-bond acceptors (Lipinski definition) is 5. The summed E-state index contributed by atoms with van der Waals surface area (Å²) in [6.45, 7) is 8.07. The van der Waals surface area contributed by atoms with Crippen LogP contribution in [0.2, 0.25) is 0 Å². The van der Waals surface area contributed by atoms with Crippen LogP contribution in [-0.2, 0) is 4.84 Å². The first-order valence-electron chi connectivity index (χ1n) is 10.4. The molecular formula is C25H33NO4. The summed E-state index contributed by atoms with van der Waals surface area (Å²) in [7, 11) is 1.53. The molecule has 2 aromatic rings. The predicted molar refractivity (Wildman–Crippen MR) is 122 cm³/mol. The molecule has 0 N–H and O–H groups in total. The molecule has 0 aromatic heterocycles. The number of rotatable bonds is 13. The van der Waals surface area contributed by atoms with E-state index in [4.69, 9.17) is 19.0 Å². The largest absolute Gasteiger partial charge is 0.494 e. The highest BCUT2D eigenvalue weighted by Crippen LogP contribution is 2.28. The number of ether oxygens (including phenoxy) is 3. The number of aryl methyl sites for hydroxylation is 2. The Bertz CT molecular complexity index is 807. The minimum Gasteiger partial charge on any atom is -0.494 e. The van der Waals surface area contributed by atoms with Crippen LogP contribution in [0.25, 0.3) is 0 Å². The molecule has 0 unspecified atom stereocenters. The highest BCUT2D eigenvalue weighted by molar-refractivity contribution is 5.79. The predicted octanol–water partition coefficient (Wildman–Crippen LogP) is 5.87. The van der Waals surface area contributed by atoms with Crippen LogP contribution in [0.4, 0.5) is 0 Å². The summed E-state index contributed by atoms with van der Waals surface area (Å²) in [6, 6.07) is 11.9. The van der Waals surface area contributed by atoms with E-state index < -0.39 is 0 Å². The monoisotopic (exact) mass is 411 g/mol. The fourth-order valence-electron chi connectivity index (χ4n) is 3.01. The smallest absolute Gasteiger partial charge is 0.125 e. The fourth-order valence-corrected chi connectivity index (χ4v) is 3.01. The Morgan fingerprint density at radius 3 is 2.30 bits per heavy atom. The molecule has 5 nitrogen and oxygen atoms in total. The van der Waals surface area contributed by atoms with Gasteiger partial charge in [-0.1, -0.05) is 29.4 Å². The van der Waals surface area contributed by atoms with E-state index in [-0.39, 0.29) is 0 Å². The van der Waals surface area contributed by atoms with Crippen molar-refractivity contribution in [1.82, 2.24) is 0 Å². The zero-order valence-corrected chi connectivity index (χ0v) is 18.5. The second kappa shape index (κ2) is 13.3. The average molecular weight is 412 g/mol. The van der Waals surface area contributed by atoms with Crippen LogP contribution < -0.4 is 14.2 Å². The lowest BCUT2D eigenvalue weighted by molar-refractivity contribution is 0.215. The van der Waals surface area contributed by atoms with Crippen LogP contribution >= 0.6 is 0 Å². The van der Waals surface area contributed by atoms with Gasteiger partial charge in [0.15, 0.2) is 0 Å². The van der Waals surface area contributed by atoms with Gasteiger partial charge in [0.2, 0.25) is 0 Å². The minimum absolute atomic E-state index is 0.586. The Morgan fingerprint density at radius 2 is 1.60 bits per heavy atom. The van der Waals surface area contributed by atoms with Gasteiger partial charge in [-0.05, 0) is 81.0 Å². The van der Waals surface area contributed by atoms with Crippen molar-refractivity contribution in [3.63, 3.8) is 0 Å². The van der Waals surface area contributed by atoms with Gasteiger partial charge in [-0.3, -0.25) is 0 Å². The quantitative estimate of drug-likeness (QED) is 0.179. The number of hydrogen-bond donors (Lipinski definition) is 0. The van der Waals surface area contributed by atoms with Gasteiger partial charge in [0, 0.05) is 0 Å². The maximum absolute atomic E-state index is 6.03. The molecule has 0 fully saturated rings. The van der Waals surface area contributed by atoms with Gasteiger partial charge >= 0.3 is 0 Å². The Morgan fingerprint density at radius 1 is 0.867 bits per heavy atom. The first-order valence-corrected chi connectivity index (χ1v) is 10.4. The number of benzene rings is 2. The zero-order chi connectivity index (χ0) is 21.6. The molecule has 0 aliphatic carbocycles. The Labute approximate surface area is 180 Å². The van der Waals surface area contributed by atoms with Gasteiger partial charge in [0.1, 0.15) is 31.0 Å². The van der Waals surface area contributed by atoms with Gasteiger partial charge in [-0.25, -0.2) is 0 Å². The topological polar surface area (TPSA) is 49.3 Å². The summed E-state index contributed by atoms with van der Waals surface area (Å²) in [4.78, 5) is 4.70. The van der Waals surface area contributed by atoms with Crippen molar-refractivity contribution in [1.29, 1.82) is 0 Å². The first-order chi connectivity index (χ1) is 14.6. The molecule has 5 heteroatoms. The van der Waals surface area contributed by atoms with E-state index in [1.165, 1.54) is 7.11 Å². The molecule has 2 aromatic carbocycles. The molecule has 0 amide bonds. The molecule has 0 atom stereocenters. The summed E-state index contributed by atoms with van der Waals surface area (Å²) < 4.78 is 17.6. The molecule has 162 valence electrons. The van der Waals surface area contributed by atoms with E-state index in [0.29, 0.717) is 19.8 Å². The third kappa shape index (κ3) is 8.19. The second-order valence-corrected chi connectivity index (χ2v) is 7.01. The van der Waals surface area contributed by atoms with Gasteiger partial charge in [-0.15, -0.1) is 0 Å². The van der Waals surface area contributed by atoms with Crippen molar-refractivity contribution in [2.45, 2.75) is 40.0 Å². The van der Waals surface area contributed by atoms with Crippen LogP contribution in [-0.4, -0.2) is 33.1 Å². The molecule has 0 aliphatic heterocycles. The summed E-state index contributed by atoms with van der Waals surface area (Å²) in [5, 5.41) is 3.77. The third-order valence-corrected chi connectivity index (χ3v) is 4.48. The third-order valence-electron chi connectivity index (χ3n) is 4.48. The number of oxime groups is 1.